The zero-order chi connectivity index (χ0) is 13.7. The molecule has 0 amide bonds. The van der Waals surface area contributed by atoms with Gasteiger partial charge in [-0.05, 0) is 25.3 Å². The Hall–Kier alpha value is -1.34. The van der Waals surface area contributed by atoms with E-state index >= 15 is 0 Å². The maximum Gasteiger partial charge on any atom is 0.327 e. The third kappa shape index (κ3) is 3.33. The molecule has 0 spiro atoms. The molecule has 0 saturated carbocycles. The second-order valence-electron chi connectivity index (χ2n) is 3.78. The highest BCUT2D eigenvalue weighted by Crippen LogP contribution is 2.28. The quantitative estimate of drug-likeness (QED) is 0.614. The minimum absolute atomic E-state index is 0.0571. The molecule has 0 bridgehead atoms. The predicted octanol–water partition coefficient (Wildman–Crippen LogP) is 2.26. The van der Waals surface area contributed by atoms with Crippen LogP contribution in [0.1, 0.15) is 6.92 Å². The number of halogens is 1. The average Bonchev–Trinajstić information content (AvgIpc) is 2.30. The molecule has 0 aromatic heterocycles. The summed E-state index contributed by atoms with van der Waals surface area (Å²) in [5.41, 5.74) is -0.442. The van der Waals surface area contributed by atoms with Gasteiger partial charge in [-0.1, -0.05) is 6.07 Å². The van der Waals surface area contributed by atoms with Gasteiger partial charge in [0.05, 0.1) is 11.5 Å². The van der Waals surface area contributed by atoms with E-state index < -0.39 is 16.4 Å². The zero-order valence-electron chi connectivity index (χ0n) is 10.1. The number of nitrogens with zero attached hydrogens (tertiary/aromatic N) is 1. The molecule has 1 aromatic rings. The lowest BCUT2D eigenvalue weighted by atomic mass is 10.2. The van der Waals surface area contributed by atoms with Crippen LogP contribution in [0.4, 0.5) is 15.8 Å². The fourth-order valence-corrected chi connectivity index (χ4v) is 2.22. The number of benzene rings is 1. The van der Waals surface area contributed by atoms with Crippen molar-refractivity contribution in [3.8, 4) is 0 Å². The van der Waals surface area contributed by atoms with Gasteiger partial charge in [0, 0.05) is 11.3 Å². The largest absolute Gasteiger partial charge is 0.395 e. The Kier molecular flexibility index (Phi) is 5.36. The molecule has 7 heteroatoms. The minimum Gasteiger partial charge on any atom is -0.395 e. The SMILES string of the molecule is CSC(CO)C(C)Nc1cccc(F)c1[N+](=O)[O-]. The molecule has 2 N–H and O–H groups in total. The van der Waals surface area contributed by atoms with Crippen molar-refractivity contribution >= 4 is 23.1 Å². The number of hydrogen-bond donors (Lipinski definition) is 2. The monoisotopic (exact) mass is 274 g/mol. The van der Waals surface area contributed by atoms with Gasteiger partial charge in [0.1, 0.15) is 5.69 Å². The topological polar surface area (TPSA) is 75.4 Å². The van der Waals surface area contributed by atoms with Crippen molar-refractivity contribution < 1.29 is 14.4 Å². The van der Waals surface area contributed by atoms with Crippen LogP contribution in [0.25, 0.3) is 0 Å². The van der Waals surface area contributed by atoms with E-state index in [9.17, 15) is 14.5 Å². The van der Waals surface area contributed by atoms with Gasteiger partial charge >= 0.3 is 5.69 Å². The Morgan fingerprint density at radius 2 is 2.28 bits per heavy atom. The maximum atomic E-state index is 13.4. The fourth-order valence-electron chi connectivity index (χ4n) is 1.59. The molecule has 0 aliphatic carbocycles. The van der Waals surface area contributed by atoms with Gasteiger partial charge in [0.25, 0.3) is 0 Å². The van der Waals surface area contributed by atoms with Gasteiger partial charge in [0.2, 0.25) is 5.82 Å². The summed E-state index contributed by atoms with van der Waals surface area (Å²) >= 11 is 1.44. The van der Waals surface area contributed by atoms with E-state index in [1.807, 2.05) is 6.26 Å². The summed E-state index contributed by atoms with van der Waals surface area (Å²) in [4.78, 5) is 10.1. The second-order valence-corrected chi connectivity index (χ2v) is 4.86. The molecular weight excluding hydrogens is 259 g/mol. The van der Waals surface area contributed by atoms with Crippen LogP contribution in [-0.4, -0.2) is 34.2 Å². The molecule has 0 radical (unpaired) electrons. The van der Waals surface area contributed by atoms with Crippen LogP contribution in [0.5, 0.6) is 0 Å². The number of anilines is 1. The summed E-state index contributed by atoms with van der Waals surface area (Å²) in [5, 5.41) is 22.7. The highest BCUT2D eigenvalue weighted by molar-refractivity contribution is 7.99. The Bertz CT molecular complexity index is 427. The Labute approximate surface area is 109 Å². The van der Waals surface area contributed by atoms with E-state index in [-0.39, 0.29) is 23.6 Å². The third-order valence-corrected chi connectivity index (χ3v) is 3.76. The first-order chi connectivity index (χ1) is 8.51. The van der Waals surface area contributed by atoms with Gasteiger partial charge in [0.15, 0.2) is 0 Å². The van der Waals surface area contributed by atoms with Crippen molar-refractivity contribution in [2.24, 2.45) is 0 Å². The minimum atomic E-state index is -0.873. The molecule has 0 fully saturated rings. The highest BCUT2D eigenvalue weighted by atomic mass is 32.2. The standard InChI is InChI=1S/C11H15FN2O3S/c1-7(10(6-15)18-2)13-9-5-3-4-8(12)11(9)14(16)17/h3-5,7,10,13,15H,6H2,1-2H3. The number of nitro benzene ring substituents is 1. The first kappa shape index (κ1) is 14.7. The van der Waals surface area contributed by atoms with Gasteiger partial charge in [-0.2, -0.15) is 16.2 Å². The molecule has 0 heterocycles. The summed E-state index contributed by atoms with van der Waals surface area (Å²) in [6.45, 7) is 1.73. The molecular formula is C11H15FN2O3S. The van der Waals surface area contributed by atoms with Crippen molar-refractivity contribution in [3.05, 3.63) is 34.1 Å². The number of thioether (sulfide) groups is 1. The number of para-hydroxylation sites is 1. The first-order valence-electron chi connectivity index (χ1n) is 5.34. The molecule has 18 heavy (non-hydrogen) atoms. The van der Waals surface area contributed by atoms with Crippen LogP contribution in [0.3, 0.4) is 0 Å². The van der Waals surface area contributed by atoms with Crippen LogP contribution in [0, 0.1) is 15.9 Å². The number of aliphatic hydroxyl groups excluding tert-OH is 1. The lowest BCUT2D eigenvalue weighted by Gasteiger charge is -2.22. The van der Waals surface area contributed by atoms with E-state index in [4.69, 9.17) is 5.11 Å². The first-order valence-corrected chi connectivity index (χ1v) is 6.63. The van der Waals surface area contributed by atoms with Crippen molar-refractivity contribution in [1.29, 1.82) is 0 Å². The molecule has 1 aromatic carbocycles. The molecule has 0 saturated heterocycles. The van der Waals surface area contributed by atoms with Gasteiger partial charge in [-0.3, -0.25) is 10.1 Å². The lowest BCUT2D eigenvalue weighted by molar-refractivity contribution is -0.386. The Morgan fingerprint density at radius 3 is 2.78 bits per heavy atom. The number of nitrogens with one attached hydrogen (secondary N) is 1. The van der Waals surface area contributed by atoms with Gasteiger partial charge < -0.3 is 10.4 Å². The molecule has 0 aliphatic heterocycles. The molecule has 100 valence electrons. The Morgan fingerprint density at radius 1 is 1.61 bits per heavy atom. The predicted molar refractivity (Wildman–Crippen MR) is 70.5 cm³/mol. The highest BCUT2D eigenvalue weighted by Gasteiger charge is 2.23. The smallest absolute Gasteiger partial charge is 0.327 e. The average molecular weight is 274 g/mol. The third-order valence-electron chi connectivity index (χ3n) is 2.59. The molecule has 5 nitrogen and oxygen atoms in total. The van der Waals surface area contributed by atoms with Crippen LogP contribution >= 0.6 is 11.8 Å². The summed E-state index contributed by atoms with van der Waals surface area (Å²) in [7, 11) is 0. The maximum absolute atomic E-state index is 13.4. The summed E-state index contributed by atoms with van der Waals surface area (Å²) in [6, 6.07) is 3.69. The normalized spacial score (nSPS) is 14.0. The number of hydrogen-bond acceptors (Lipinski definition) is 5. The summed E-state index contributed by atoms with van der Waals surface area (Å²) in [5.74, 6) is -0.873. The van der Waals surface area contributed by atoms with E-state index in [2.05, 4.69) is 5.32 Å². The van der Waals surface area contributed by atoms with E-state index in [1.165, 1.54) is 23.9 Å². The van der Waals surface area contributed by atoms with E-state index in [0.717, 1.165) is 6.07 Å². The van der Waals surface area contributed by atoms with Gasteiger partial charge in [-0.25, -0.2) is 0 Å². The number of nitro groups is 1. The Balaban J connectivity index is 2.97. The molecule has 2 unspecified atom stereocenters. The number of aliphatic hydroxyl groups is 1. The lowest BCUT2D eigenvalue weighted by Crippen LogP contribution is -2.31. The molecule has 1 rings (SSSR count). The summed E-state index contributed by atoms with van der Waals surface area (Å²) in [6.07, 6.45) is 1.83. The van der Waals surface area contributed by atoms with Crippen molar-refractivity contribution in [1.82, 2.24) is 0 Å². The van der Waals surface area contributed by atoms with E-state index in [0.29, 0.717) is 0 Å². The van der Waals surface area contributed by atoms with Crippen LogP contribution in [-0.2, 0) is 0 Å². The van der Waals surface area contributed by atoms with Crippen LogP contribution < -0.4 is 5.32 Å². The summed E-state index contributed by atoms with van der Waals surface area (Å²) < 4.78 is 13.4. The number of rotatable bonds is 6. The molecule has 0 aliphatic rings. The van der Waals surface area contributed by atoms with Crippen molar-refractivity contribution in [2.45, 2.75) is 18.2 Å². The van der Waals surface area contributed by atoms with Crippen LogP contribution in [0.15, 0.2) is 18.2 Å². The molecule has 2 atom stereocenters. The van der Waals surface area contributed by atoms with Crippen LogP contribution in [0.2, 0.25) is 0 Å². The zero-order valence-corrected chi connectivity index (χ0v) is 10.9. The van der Waals surface area contributed by atoms with E-state index in [1.54, 1.807) is 6.92 Å². The van der Waals surface area contributed by atoms with Crippen molar-refractivity contribution in [3.63, 3.8) is 0 Å². The van der Waals surface area contributed by atoms with Gasteiger partial charge in [-0.15, -0.1) is 0 Å². The van der Waals surface area contributed by atoms with Crippen molar-refractivity contribution in [2.75, 3.05) is 18.2 Å². The fraction of sp³-hybridized carbons (Fsp3) is 0.455. The second kappa shape index (κ2) is 6.55.